The van der Waals surface area contributed by atoms with Gasteiger partial charge in [-0.25, -0.2) is 9.59 Å². The minimum atomic E-state index is -0.582. The van der Waals surface area contributed by atoms with E-state index in [4.69, 9.17) is 18.9 Å². The summed E-state index contributed by atoms with van der Waals surface area (Å²) in [5.41, 5.74) is 5.32. The van der Waals surface area contributed by atoms with Crippen LogP contribution in [0.2, 0.25) is 0 Å². The number of carbonyl (C=O) groups excluding carboxylic acids is 4. The Bertz CT molecular complexity index is 1480. The van der Waals surface area contributed by atoms with Gasteiger partial charge in [0.25, 0.3) is 0 Å². The van der Waals surface area contributed by atoms with Crippen molar-refractivity contribution in [1.29, 1.82) is 0 Å². The maximum Gasteiger partial charge on any atom is 0.355 e. The number of H-pyrrole nitrogens is 2. The Labute approximate surface area is 249 Å². The molecule has 0 aliphatic heterocycles. The number of carbonyl (C=O) groups is 4. The summed E-state index contributed by atoms with van der Waals surface area (Å²) in [5.74, 6) is -2.15. The molecule has 0 unspecified atom stereocenters. The molecule has 0 aliphatic rings. The summed E-state index contributed by atoms with van der Waals surface area (Å²) in [4.78, 5) is 57.1. The molecule has 0 bridgehead atoms. The fourth-order valence-corrected chi connectivity index (χ4v) is 4.78. The maximum absolute atomic E-state index is 13.1. The first kappa shape index (κ1) is 30.8. The van der Waals surface area contributed by atoms with Crippen LogP contribution in [0.5, 0.6) is 0 Å². The molecule has 0 radical (unpaired) electrons. The quantitative estimate of drug-likeness (QED) is 0.180. The zero-order valence-corrected chi connectivity index (χ0v) is 24.6. The van der Waals surface area contributed by atoms with Crippen molar-refractivity contribution < 1.29 is 38.1 Å². The van der Waals surface area contributed by atoms with Gasteiger partial charge in [0.15, 0.2) is 0 Å². The third-order valence-electron chi connectivity index (χ3n) is 7.22. The van der Waals surface area contributed by atoms with Crippen LogP contribution in [0.25, 0.3) is 0 Å². The summed E-state index contributed by atoms with van der Waals surface area (Å²) in [7, 11) is 2.57. The fraction of sp³-hybridized carbons (Fsp3) is 0.273. The highest BCUT2D eigenvalue weighted by atomic mass is 16.5. The van der Waals surface area contributed by atoms with Crippen molar-refractivity contribution in [3.63, 3.8) is 0 Å². The van der Waals surface area contributed by atoms with Crippen molar-refractivity contribution in [2.45, 2.75) is 46.3 Å². The molecule has 0 fully saturated rings. The van der Waals surface area contributed by atoms with Gasteiger partial charge in [-0.2, -0.15) is 0 Å². The molecule has 10 nitrogen and oxygen atoms in total. The largest absolute Gasteiger partial charge is 0.469 e. The summed E-state index contributed by atoms with van der Waals surface area (Å²) in [6.45, 7) is 3.60. The highest BCUT2D eigenvalue weighted by Gasteiger charge is 2.27. The summed E-state index contributed by atoms with van der Waals surface area (Å²) in [6, 6.07) is 18.6. The fourth-order valence-electron chi connectivity index (χ4n) is 4.78. The van der Waals surface area contributed by atoms with E-state index in [1.165, 1.54) is 14.2 Å². The molecule has 2 heterocycles. The molecular weight excluding hydrogens is 552 g/mol. The molecule has 4 aromatic rings. The number of esters is 4. The van der Waals surface area contributed by atoms with E-state index >= 15 is 0 Å². The molecule has 2 aromatic heterocycles. The predicted molar refractivity (Wildman–Crippen MR) is 156 cm³/mol. The Balaban J connectivity index is 1.66. The zero-order valence-electron chi connectivity index (χ0n) is 24.6. The molecule has 0 amide bonds. The van der Waals surface area contributed by atoms with E-state index in [0.29, 0.717) is 33.6 Å². The van der Waals surface area contributed by atoms with Gasteiger partial charge in [-0.05, 0) is 47.2 Å². The van der Waals surface area contributed by atoms with Crippen molar-refractivity contribution >= 4 is 23.9 Å². The highest BCUT2D eigenvalue weighted by Crippen LogP contribution is 2.27. The molecule has 4 rings (SSSR count). The van der Waals surface area contributed by atoms with Gasteiger partial charge in [-0.3, -0.25) is 9.59 Å². The van der Waals surface area contributed by atoms with Crippen LogP contribution in [-0.4, -0.2) is 48.1 Å². The lowest BCUT2D eigenvalue weighted by Gasteiger charge is -2.07. The molecular formula is C33H34N2O8. The minimum Gasteiger partial charge on any atom is -0.469 e. The second-order valence-corrected chi connectivity index (χ2v) is 9.97. The topological polar surface area (TPSA) is 137 Å². The van der Waals surface area contributed by atoms with Gasteiger partial charge in [0, 0.05) is 17.8 Å². The van der Waals surface area contributed by atoms with E-state index < -0.39 is 23.9 Å². The van der Waals surface area contributed by atoms with E-state index in [9.17, 15) is 19.2 Å². The second kappa shape index (κ2) is 14.2. The molecule has 0 saturated carbocycles. The van der Waals surface area contributed by atoms with Crippen molar-refractivity contribution in [3.8, 4) is 0 Å². The van der Waals surface area contributed by atoms with E-state index in [1.807, 2.05) is 60.7 Å². The van der Waals surface area contributed by atoms with Gasteiger partial charge in [0.1, 0.15) is 24.6 Å². The molecule has 43 heavy (non-hydrogen) atoms. The van der Waals surface area contributed by atoms with E-state index in [-0.39, 0.29) is 43.9 Å². The third-order valence-corrected chi connectivity index (χ3v) is 7.22. The Morgan fingerprint density at radius 2 is 0.977 bits per heavy atom. The number of benzene rings is 2. The molecule has 224 valence electrons. The van der Waals surface area contributed by atoms with Gasteiger partial charge in [-0.1, -0.05) is 60.7 Å². The van der Waals surface area contributed by atoms with Gasteiger partial charge >= 0.3 is 23.9 Å². The summed E-state index contributed by atoms with van der Waals surface area (Å²) in [5, 5.41) is 0. The van der Waals surface area contributed by atoms with Gasteiger partial charge in [0.05, 0.1) is 27.1 Å². The van der Waals surface area contributed by atoms with Crippen molar-refractivity contribution in [1.82, 2.24) is 9.97 Å². The van der Waals surface area contributed by atoms with E-state index in [1.54, 1.807) is 13.8 Å². The van der Waals surface area contributed by atoms with Crippen LogP contribution in [0.15, 0.2) is 60.7 Å². The number of ether oxygens (including phenoxy) is 4. The lowest BCUT2D eigenvalue weighted by Crippen LogP contribution is -2.09. The van der Waals surface area contributed by atoms with Crippen LogP contribution in [-0.2, 0) is 61.0 Å². The monoisotopic (exact) mass is 586 g/mol. The molecule has 0 aliphatic carbocycles. The smallest absolute Gasteiger partial charge is 0.355 e. The van der Waals surface area contributed by atoms with Gasteiger partial charge < -0.3 is 28.9 Å². The average Bonchev–Trinajstić information content (AvgIpc) is 3.50. The Hall–Kier alpha value is -5.12. The summed E-state index contributed by atoms with van der Waals surface area (Å²) in [6.07, 6.45) is -0.0610. The number of methoxy groups -OCH3 is 2. The van der Waals surface area contributed by atoms with Crippen LogP contribution in [0.4, 0.5) is 0 Å². The van der Waals surface area contributed by atoms with Crippen LogP contribution in [0, 0.1) is 13.8 Å². The van der Waals surface area contributed by atoms with Crippen LogP contribution in [0.3, 0.4) is 0 Å². The first-order valence-corrected chi connectivity index (χ1v) is 13.7. The Kier molecular flexibility index (Phi) is 10.2. The lowest BCUT2D eigenvalue weighted by molar-refractivity contribution is -0.140. The third kappa shape index (κ3) is 7.59. The first-order valence-electron chi connectivity index (χ1n) is 13.7. The van der Waals surface area contributed by atoms with Crippen LogP contribution < -0.4 is 0 Å². The SMILES string of the molecule is COC(=O)Cc1c(Cc2[nH]c(C(=O)OCc3ccccc3)c(C)c2CC(=O)OC)[nH]c(C(=O)OCc2ccccc2)c1C. The van der Waals surface area contributed by atoms with Gasteiger partial charge in [-0.15, -0.1) is 0 Å². The van der Waals surface area contributed by atoms with Crippen molar-refractivity contribution in [2.75, 3.05) is 14.2 Å². The predicted octanol–water partition coefficient (Wildman–Crippen LogP) is 4.70. The standard InChI is InChI=1S/C33H34N2O8/c1-20-24(15-28(36)40-3)26(34-30(20)32(38)42-18-22-11-7-5-8-12-22)17-27-25(16-29(37)41-4)21(2)31(35-27)33(39)43-19-23-13-9-6-10-14-23/h5-14,34-35H,15-19H2,1-4H3. The normalized spacial score (nSPS) is 10.7. The van der Waals surface area contributed by atoms with E-state index in [2.05, 4.69) is 9.97 Å². The van der Waals surface area contributed by atoms with Gasteiger partial charge in [0.2, 0.25) is 0 Å². The van der Waals surface area contributed by atoms with Crippen molar-refractivity contribution in [2.24, 2.45) is 0 Å². The van der Waals surface area contributed by atoms with Crippen molar-refractivity contribution in [3.05, 3.63) is 117 Å². The zero-order chi connectivity index (χ0) is 30.9. The maximum atomic E-state index is 13.1. The number of nitrogens with one attached hydrogen (secondary N) is 2. The lowest BCUT2D eigenvalue weighted by atomic mass is 10.00. The Morgan fingerprint density at radius 1 is 0.605 bits per heavy atom. The number of rotatable bonds is 12. The number of aromatic amines is 2. The Morgan fingerprint density at radius 3 is 1.33 bits per heavy atom. The first-order chi connectivity index (χ1) is 20.7. The number of hydrogen-bond acceptors (Lipinski definition) is 8. The number of hydrogen-bond donors (Lipinski definition) is 2. The van der Waals surface area contributed by atoms with Crippen LogP contribution in [0.1, 0.15) is 65.7 Å². The minimum absolute atomic E-state index is 0.0767. The summed E-state index contributed by atoms with van der Waals surface area (Å²) >= 11 is 0. The van der Waals surface area contributed by atoms with E-state index in [0.717, 1.165) is 11.1 Å². The molecule has 0 saturated heterocycles. The second-order valence-electron chi connectivity index (χ2n) is 9.97. The molecule has 0 spiro atoms. The highest BCUT2D eigenvalue weighted by molar-refractivity contribution is 5.91. The molecule has 2 aromatic carbocycles. The average molecular weight is 587 g/mol. The summed E-state index contributed by atoms with van der Waals surface area (Å²) < 4.78 is 20.9. The molecule has 2 N–H and O–H groups in total. The molecule has 10 heteroatoms. The number of aromatic nitrogens is 2. The molecule has 0 atom stereocenters. The van der Waals surface area contributed by atoms with Crippen LogP contribution >= 0.6 is 0 Å².